The quantitative estimate of drug-likeness (QED) is 0.234. The molecule has 1 fully saturated rings. The van der Waals surface area contributed by atoms with Crippen molar-refractivity contribution in [2.45, 2.75) is 64.1 Å². The molecule has 1 atom stereocenters. The van der Waals surface area contributed by atoms with E-state index in [1.165, 1.54) is 12.1 Å². The van der Waals surface area contributed by atoms with E-state index in [0.29, 0.717) is 10.6 Å². The molecule has 2 aliphatic rings. The average Bonchev–Trinajstić information content (AvgIpc) is 3.34. The van der Waals surface area contributed by atoms with Crippen LogP contribution in [0.15, 0.2) is 64.6 Å². The van der Waals surface area contributed by atoms with Gasteiger partial charge in [0, 0.05) is 34.7 Å². The van der Waals surface area contributed by atoms with Crippen LogP contribution in [0.5, 0.6) is 11.5 Å². The second-order valence-corrected chi connectivity index (χ2v) is 11.9. The van der Waals surface area contributed by atoms with E-state index < -0.39 is 40.6 Å². The first-order chi connectivity index (χ1) is 20.5. The molecule has 0 spiro atoms. The summed E-state index contributed by atoms with van der Waals surface area (Å²) in [4.78, 5) is 22.1. The molecule has 1 saturated carbocycles. The third-order valence-corrected chi connectivity index (χ3v) is 8.32. The molecule has 0 N–H and O–H groups in total. The Morgan fingerprint density at radius 2 is 1.58 bits per heavy atom. The number of fused-ring (bicyclic) bond motifs is 1. The highest BCUT2D eigenvalue weighted by molar-refractivity contribution is 6.30. The lowest BCUT2D eigenvalue weighted by Crippen LogP contribution is -2.41. The normalized spacial score (nSPS) is 16.9. The van der Waals surface area contributed by atoms with Gasteiger partial charge in [0.15, 0.2) is 34.5 Å². The third-order valence-electron chi connectivity index (χ3n) is 8.07. The predicted molar refractivity (Wildman–Crippen MR) is 155 cm³/mol. The van der Waals surface area contributed by atoms with Gasteiger partial charge in [0.05, 0.1) is 23.9 Å². The molecule has 0 aromatic heterocycles. The van der Waals surface area contributed by atoms with Crippen molar-refractivity contribution in [3.8, 4) is 11.5 Å². The highest BCUT2D eigenvalue weighted by atomic mass is 35.5. The van der Waals surface area contributed by atoms with Crippen LogP contribution in [0.4, 0.5) is 13.2 Å². The first kappa shape index (κ1) is 30.9. The van der Waals surface area contributed by atoms with Gasteiger partial charge in [-0.1, -0.05) is 43.0 Å². The average molecular weight is 615 g/mol. The van der Waals surface area contributed by atoms with Crippen LogP contribution in [0.2, 0.25) is 5.02 Å². The summed E-state index contributed by atoms with van der Waals surface area (Å²) >= 11 is 6.20. The summed E-state index contributed by atoms with van der Waals surface area (Å²) in [6, 6.07) is 13.3. The minimum absolute atomic E-state index is 0.0130. The Morgan fingerprint density at radius 1 is 0.953 bits per heavy atom. The molecule has 1 heterocycles. The maximum Gasteiger partial charge on any atom is 0.349 e. The second kappa shape index (κ2) is 12.6. The van der Waals surface area contributed by atoms with Crippen LogP contribution in [0, 0.1) is 29.3 Å². The molecule has 6 nitrogen and oxygen atoms in total. The van der Waals surface area contributed by atoms with Crippen molar-refractivity contribution in [1.29, 1.82) is 0 Å². The van der Waals surface area contributed by atoms with Crippen molar-refractivity contribution in [3.05, 3.63) is 93.3 Å². The van der Waals surface area contributed by atoms with Crippen LogP contribution < -0.4 is 20.2 Å². The Labute approximate surface area is 253 Å². The van der Waals surface area contributed by atoms with Crippen molar-refractivity contribution >= 4 is 17.6 Å². The highest BCUT2D eigenvalue weighted by Crippen LogP contribution is 2.45. The molecule has 5 rings (SSSR count). The molecule has 1 aliphatic heterocycles. The standard InChI is InChI=1S/C33H34ClF3N2O4/c1-4-41-31(40)32(2,3)43-23-14-15-30(27(37)16-23)42-19-24(20-8-6-5-7-9-20)33(21-10-12-22(34)13-11-21)38-28-17-25(35)26(36)18-29(28)39-33/h10-18,20,24H,4-9,19H2,1-3H3. The third kappa shape index (κ3) is 6.51. The van der Waals surface area contributed by atoms with Gasteiger partial charge in [0.2, 0.25) is 0 Å². The van der Waals surface area contributed by atoms with Gasteiger partial charge in [-0.05, 0) is 63.8 Å². The maximum absolute atomic E-state index is 15.3. The Bertz CT molecular complexity index is 1570. The van der Waals surface area contributed by atoms with Crippen LogP contribution in [0.1, 0.15) is 58.4 Å². The molecule has 0 bridgehead atoms. The summed E-state index contributed by atoms with van der Waals surface area (Å²) in [5.41, 5.74) is -1.89. The predicted octanol–water partition coefficient (Wildman–Crippen LogP) is 6.86. The number of rotatable bonds is 10. The van der Waals surface area contributed by atoms with Gasteiger partial charge in [-0.2, -0.15) is 0 Å². The van der Waals surface area contributed by atoms with Gasteiger partial charge in [-0.15, -0.1) is 0 Å². The van der Waals surface area contributed by atoms with Crippen LogP contribution in [-0.2, 0) is 15.2 Å². The molecule has 3 aromatic carbocycles. The van der Waals surface area contributed by atoms with E-state index in [1.807, 2.05) is 12.1 Å². The Hall–Kier alpha value is -3.59. The largest absolute Gasteiger partial charge is 0.490 e. The van der Waals surface area contributed by atoms with Crippen molar-refractivity contribution in [3.63, 3.8) is 0 Å². The molecule has 10 heteroatoms. The second-order valence-electron chi connectivity index (χ2n) is 11.5. The van der Waals surface area contributed by atoms with E-state index in [9.17, 15) is 13.6 Å². The number of nitrogens with zero attached hydrogens (tertiary/aromatic N) is 2. The smallest absolute Gasteiger partial charge is 0.349 e. The lowest BCUT2D eigenvalue weighted by atomic mass is 9.72. The number of halogens is 4. The minimum atomic E-state index is -1.32. The summed E-state index contributed by atoms with van der Waals surface area (Å²) < 4.78 is 60.8. The first-order valence-electron chi connectivity index (χ1n) is 14.5. The number of esters is 1. The number of hydrogen-bond donors (Lipinski definition) is 0. The van der Waals surface area contributed by atoms with Gasteiger partial charge in [0.1, 0.15) is 5.75 Å². The number of hydrogen-bond acceptors (Lipinski definition) is 6. The van der Waals surface area contributed by atoms with E-state index in [0.717, 1.165) is 50.3 Å². The van der Waals surface area contributed by atoms with Gasteiger partial charge in [0.25, 0.3) is 0 Å². The van der Waals surface area contributed by atoms with Crippen LogP contribution in [0.25, 0.3) is 0 Å². The molecule has 3 aromatic rings. The van der Waals surface area contributed by atoms with E-state index in [4.69, 9.17) is 35.8 Å². The zero-order valence-electron chi connectivity index (χ0n) is 24.3. The number of carbonyl (C=O) groups excluding carboxylic acids is 1. The number of benzene rings is 3. The molecule has 0 radical (unpaired) electrons. The van der Waals surface area contributed by atoms with E-state index in [1.54, 1.807) is 32.9 Å². The fourth-order valence-corrected chi connectivity index (χ4v) is 6.03. The van der Waals surface area contributed by atoms with Crippen LogP contribution >= 0.6 is 11.6 Å². The molecule has 1 unspecified atom stereocenters. The Balaban J connectivity index is 1.50. The van der Waals surface area contributed by atoms with Gasteiger partial charge in [-0.3, -0.25) is 0 Å². The van der Waals surface area contributed by atoms with E-state index in [2.05, 4.69) is 0 Å². The highest BCUT2D eigenvalue weighted by Gasteiger charge is 2.47. The molecule has 0 saturated heterocycles. The van der Waals surface area contributed by atoms with Crippen molar-refractivity contribution in [2.75, 3.05) is 13.2 Å². The fraction of sp³-hybridized carbons (Fsp3) is 0.424. The molecular formula is C33H34ClF3N2O4. The van der Waals surface area contributed by atoms with E-state index in [-0.39, 0.29) is 41.3 Å². The maximum atomic E-state index is 15.3. The summed E-state index contributed by atoms with van der Waals surface area (Å²) in [5.74, 6) is -3.43. The SMILES string of the molecule is CCOC(=O)C(C)(C)Oc1ccc(OCC(C2CCCCC2)C2(c3ccc(Cl)cc3)N=c3cc(F)c(F)cc3=N2)c(F)c1. The molecule has 228 valence electrons. The van der Waals surface area contributed by atoms with Crippen LogP contribution in [0.3, 0.4) is 0 Å². The Kier molecular flexibility index (Phi) is 9.02. The first-order valence-corrected chi connectivity index (χ1v) is 14.9. The van der Waals surface area contributed by atoms with Gasteiger partial charge >= 0.3 is 5.97 Å². The number of carbonyl (C=O) groups is 1. The van der Waals surface area contributed by atoms with Crippen LogP contribution in [-0.4, -0.2) is 24.8 Å². The molecule has 0 amide bonds. The topological polar surface area (TPSA) is 69.5 Å². The Morgan fingerprint density at radius 3 is 2.16 bits per heavy atom. The van der Waals surface area contributed by atoms with Gasteiger partial charge < -0.3 is 14.2 Å². The summed E-state index contributed by atoms with van der Waals surface area (Å²) in [6.45, 7) is 5.01. The summed E-state index contributed by atoms with van der Waals surface area (Å²) in [7, 11) is 0. The molecular weight excluding hydrogens is 581 g/mol. The zero-order chi connectivity index (χ0) is 30.8. The minimum Gasteiger partial charge on any atom is -0.490 e. The fourth-order valence-electron chi connectivity index (χ4n) is 5.90. The van der Waals surface area contributed by atoms with Crippen molar-refractivity contribution < 1.29 is 32.2 Å². The van der Waals surface area contributed by atoms with E-state index >= 15 is 4.39 Å². The monoisotopic (exact) mass is 614 g/mol. The summed E-state index contributed by atoms with van der Waals surface area (Å²) in [6.07, 6.45) is 4.87. The lowest BCUT2D eigenvalue weighted by molar-refractivity contribution is -0.158. The molecule has 43 heavy (non-hydrogen) atoms. The van der Waals surface area contributed by atoms with Crippen molar-refractivity contribution in [2.24, 2.45) is 21.8 Å². The lowest BCUT2D eigenvalue weighted by Gasteiger charge is -2.39. The zero-order valence-corrected chi connectivity index (χ0v) is 25.1. The van der Waals surface area contributed by atoms with Crippen molar-refractivity contribution in [1.82, 2.24) is 0 Å². The summed E-state index contributed by atoms with van der Waals surface area (Å²) in [5, 5.41) is 1.01. The van der Waals surface area contributed by atoms with Gasteiger partial charge in [-0.25, -0.2) is 28.0 Å². The number of ether oxygens (including phenoxy) is 3. The molecule has 1 aliphatic carbocycles.